The van der Waals surface area contributed by atoms with Gasteiger partial charge in [-0.05, 0) is 38.0 Å². The molecule has 1 aromatic carbocycles. The van der Waals surface area contributed by atoms with Crippen LogP contribution >= 0.6 is 0 Å². The number of piperidine rings is 1. The highest BCUT2D eigenvalue weighted by Crippen LogP contribution is 2.27. The summed E-state index contributed by atoms with van der Waals surface area (Å²) in [5, 5.41) is 19.1. The van der Waals surface area contributed by atoms with Gasteiger partial charge in [-0.25, -0.2) is 4.98 Å². The summed E-state index contributed by atoms with van der Waals surface area (Å²) < 4.78 is 1.77. The molecule has 4 rings (SSSR count). The zero-order valence-electron chi connectivity index (χ0n) is 17.0. The summed E-state index contributed by atoms with van der Waals surface area (Å²) in [4.78, 5) is 33.8. The number of hydrogen-bond donors (Lipinski definition) is 2. The van der Waals surface area contributed by atoms with E-state index >= 15 is 0 Å². The largest absolute Gasteiger partial charge is 0.388 e. The number of carbonyl (C=O) groups excluding carboxylic acids is 2. The smallest absolute Gasteiger partial charge is 0.274 e. The maximum absolute atomic E-state index is 12.6. The number of likely N-dealkylation sites (tertiary alicyclic amines) is 1. The number of fused-ring (bicyclic) bond motifs is 1. The number of aryl methyl sites for hydroxylation is 1. The van der Waals surface area contributed by atoms with Crippen molar-refractivity contribution < 1.29 is 14.7 Å². The van der Waals surface area contributed by atoms with Crippen molar-refractivity contribution in [1.82, 2.24) is 24.6 Å². The molecule has 30 heavy (non-hydrogen) atoms. The van der Waals surface area contributed by atoms with E-state index in [9.17, 15) is 14.7 Å². The molecule has 1 saturated heterocycles. The first kappa shape index (κ1) is 20.0. The van der Waals surface area contributed by atoms with Crippen molar-refractivity contribution in [3.63, 3.8) is 0 Å². The Morgan fingerprint density at radius 1 is 1.17 bits per heavy atom. The molecule has 2 N–H and O–H groups in total. The van der Waals surface area contributed by atoms with Gasteiger partial charge >= 0.3 is 0 Å². The van der Waals surface area contributed by atoms with Crippen LogP contribution in [0, 0.1) is 6.92 Å². The van der Waals surface area contributed by atoms with Gasteiger partial charge in [-0.3, -0.25) is 19.3 Å². The lowest BCUT2D eigenvalue weighted by Crippen LogP contribution is -2.49. The van der Waals surface area contributed by atoms with Gasteiger partial charge in [0.2, 0.25) is 5.91 Å². The Labute approximate surface area is 173 Å². The number of benzene rings is 1. The van der Waals surface area contributed by atoms with E-state index in [2.05, 4.69) is 20.4 Å². The summed E-state index contributed by atoms with van der Waals surface area (Å²) in [6.45, 7) is 4.50. The number of amides is 2. The fraction of sp³-hybridized carbons (Fsp3) is 0.381. The van der Waals surface area contributed by atoms with Crippen LogP contribution in [0.15, 0.2) is 36.8 Å². The highest BCUT2D eigenvalue weighted by molar-refractivity contribution is 5.92. The standard InChI is InChI=1S/C21H24N6O3/c1-14-10-23-18(12-22-14)20(29)26-7-5-21(30,6-8-26)13-27-19-4-3-17(25-15(2)28)9-16(19)11-24-27/h3-4,9-12,30H,5-8,13H2,1-2H3,(H,25,28). The summed E-state index contributed by atoms with van der Waals surface area (Å²) in [5.41, 5.74) is 1.71. The highest BCUT2D eigenvalue weighted by Gasteiger charge is 2.35. The summed E-state index contributed by atoms with van der Waals surface area (Å²) in [6, 6.07) is 5.55. The van der Waals surface area contributed by atoms with Gasteiger partial charge < -0.3 is 15.3 Å². The molecule has 1 aliphatic rings. The third kappa shape index (κ3) is 4.16. The maximum atomic E-state index is 12.6. The lowest BCUT2D eigenvalue weighted by Gasteiger charge is -2.38. The van der Waals surface area contributed by atoms with Crippen LogP contribution in [-0.2, 0) is 11.3 Å². The van der Waals surface area contributed by atoms with Crippen LogP contribution in [0.25, 0.3) is 10.9 Å². The minimum Gasteiger partial charge on any atom is -0.388 e. The number of rotatable bonds is 4. The zero-order valence-corrected chi connectivity index (χ0v) is 17.0. The third-order valence-corrected chi connectivity index (χ3v) is 5.39. The van der Waals surface area contributed by atoms with Crippen molar-refractivity contribution in [3.8, 4) is 0 Å². The first-order chi connectivity index (χ1) is 14.3. The summed E-state index contributed by atoms with van der Waals surface area (Å²) in [6.07, 6.45) is 5.68. The van der Waals surface area contributed by atoms with E-state index in [0.29, 0.717) is 43.9 Å². The second-order valence-electron chi connectivity index (χ2n) is 7.82. The second-order valence-corrected chi connectivity index (χ2v) is 7.82. The minimum atomic E-state index is -0.953. The number of aromatic nitrogens is 4. The Hall–Kier alpha value is -3.33. The normalized spacial score (nSPS) is 15.9. The van der Waals surface area contributed by atoms with E-state index in [1.165, 1.54) is 13.1 Å². The van der Waals surface area contributed by atoms with E-state index in [1.54, 1.807) is 22.0 Å². The molecule has 0 saturated carbocycles. The van der Waals surface area contributed by atoms with Gasteiger partial charge in [0, 0.05) is 37.3 Å². The molecule has 3 aromatic rings. The molecule has 2 amide bonds. The lowest BCUT2D eigenvalue weighted by molar-refractivity contribution is -0.114. The van der Waals surface area contributed by atoms with Gasteiger partial charge in [0.05, 0.1) is 35.8 Å². The Morgan fingerprint density at radius 3 is 2.60 bits per heavy atom. The van der Waals surface area contributed by atoms with Crippen molar-refractivity contribution in [2.24, 2.45) is 0 Å². The van der Waals surface area contributed by atoms with Gasteiger partial charge in [-0.15, -0.1) is 0 Å². The molecule has 9 nitrogen and oxygen atoms in total. The van der Waals surface area contributed by atoms with Crippen LogP contribution in [0.3, 0.4) is 0 Å². The van der Waals surface area contributed by atoms with Crippen LogP contribution in [0.2, 0.25) is 0 Å². The van der Waals surface area contributed by atoms with Crippen LogP contribution in [0.5, 0.6) is 0 Å². The first-order valence-electron chi connectivity index (χ1n) is 9.86. The van der Waals surface area contributed by atoms with Gasteiger partial charge in [-0.2, -0.15) is 5.10 Å². The summed E-state index contributed by atoms with van der Waals surface area (Å²) >= 11 is 0. The summed E-state index contributed by atoms with van der Waals surface area (Å²) in [5.74, 6) is -0.298. The number of hydrogen-bond acceptors (Lipinski definition) is 6. The predicted octanol–water partition coefficient (Wildman–Crippen LogP) is 1.76. The molecular formula is C21H24N6O3. The molecule has 0 spiro atoms. The Balaban J connectivity index is 1.43. The molecular weight excluding hydrogens is 384 g/mol. The topological polar surface area (TPSA) is 113 Å². The monoisotopic (exact) mass is 408 g/mol. The molecule has 1 aliphatic heterocycles. The molecule has 2 aromatic heterocycles. The molecule has 0 bridgehead atoms. The van der Waals surface area contributed by atoms with Crippen LogP contribution in [-0.4, -0.2) is 60.3 Å². The third-order valence-electron chi connectivity index (χ3n) is 5.39. The molecule has 9 heteroatoms. The number of nitrogens with zero attached hydrogens (tertiary/aromatic N) is 5. The van der Waals surface area contributed by atoms with Crippen molar-refractivity contribution in [2.45, 2.75) is 38.8 Å². The van der Waals surface area contributed by atoms with Gasteiger partial charge in [0.1, 0.15) is 5.69 Å². The van der Waals surface area contributed by atoms with Crippen LogP contribution in [0.1, 0.15) is 35.9 Å². The van der Waals surface area contributed by atoms with Crippen molar-refractivity contribution >= 4 is 28.4 Å². The molecule has 156 valence electrons. The Kier molecular flexibility index (Phi) is 5.21. The number of carbonyl (C=O) groups is 2. The average molecular weight is 408 g/mol. The lowest BCUT2D eigenvalue weighted by atomic mass is 9.91. The van der Waals surface area contributed by atoms with E-state index in [4.69, 9.17) is 0 Å². The Bertz CT molecular complexity index is 1080. The Morgan fingerprint density at radius 2 is 1.93 bits per heavy atom. The molecule has 0 unspecified atom stereocenters. The molecule has 0 radical (unpaired) electrons. The van der Waals surface area contributed by atoms with Gasteiger partial charge in [0.15, 0.2) is 0 Å². The quantitative estimate of drug-likeness (QED) is 0.680. The summed E-state index contributed by atoms with van der Waals surface area (Å²) in [7, 11) is 0. The number of nitrogens with one attached hydrogen (secondary N) is 1. The van der Waals surface area contributed by atoms with Crippen LogP contribution in [0.4, 0.5) is 5.69 Å². The highest BCUT2D eigenvalue weighted by atomic mass is 16.3. The molecule has 3 heterocycles. The number of aliphatic hydroxyl groups is 1. The van der Waals surface area contributed by atoms with Crippen molar-refractivity contribution in [1.29, 1.82) is 0 Å². The van der Waals surface area contributed by atoms with E-state index < -0.39 is 5.60 Å². The van der Waals surface area contributed by atoms with Crippen LogP contribution < -0.4 is 5.32 Å². The molecule has 0 atom stereocenters. The van der Waals surface area contributed by atoms with E-state index in [-0.39, 0.29) is 11.8 Å². The SMILES string of the molecule is CC(=O)Nc1ccc2c(cnn2CC2(O)CCN(C(=O)c3cnc(C)cn3)CC2)c1. The predicted molar refractivity (Wildman–Crippen MR) is 111 cm³/mol. The van der Waals surface area contributed by atoms with Crippen molar-refractivity contribution in [3.05, 3.63) is 48.2 Å². The van der Waals surface area contributed by atoms with Gasteiger partial charge in [-0.1, -0.05) is 0 Å². The van der Waals surface area contributed by atoms with Gasteiger partial charge in [0.25, 0.3) is 5.91 Å². The number of anilines is 1. The van der Waals surface area contributed by atoms with E-state index in [1.807, 2.05) is 25.1 Å². The zero-order chi connectivity index (χ0) is 21.3. The molecule has 1 fully saturated rings. The molecule has 0 aliphatic carbocycles. The first-order valence-corrected chi connectivity index (χ1v) is 9.86. The van der Waals surface area contributed by atoms with Crippen molar-refractivity contribution in [2.75, 3.05) is 18.4 Å². The second kappa shape index (κ2) is 7.83. The van der Waals surface area contributed by atoms with E-state index in [0.717, 1.165) is 16.6 Å². The maximum Gasteiger partial charge on any atom is 0.274 e. The fourth-order valence-corrected chi connectivity index (χ4v) is 3.72. The fourth-order valence-electron chi connectivity index (χ4n) is 3.72. The average Bonchev–Trinajstić information content (AvgIpc) is 3.09. The minimum absolute atomic E-state index is 0.131.